The fourth-order valence-corrected chi connectivity index (χ4v) is 3.66. The molecule has 0 aliphatic heterocycles. The summed E-state index contributed by atoms with van der Waals surface area (Å²) in [6, 6.07) is 13.4. The first-order valence-corrected chi connectivity index (χ1v) is 10.0. The Labute approximate surface area is 186 Å². The molecule has 1 unspecified atom stereocenters. The van der Waals surface area contributed by atoms with Crippen LogP contribution in [0.15, 0.2) is 53.4 Å². The molecule has 28 heavy (non-hydrogen) atoms. The number of para-hydroxylation sites is 3. The van der Waals surface area contributed by atoms with Gasteiger partial charge < -0.3 is 15.4 Å². The van der Waals surface area contributed by atoms with Crippen molar-refractivity contribution in [3.63, 3.8) is 0 Å². The number of alkyl halides is 3. The van der Waals surface area contributed by atoms with Crippen molar-refractivity contribution < 1.29 is 9.66 Å². The van der Waals surface area contributed by atoms with Gasteiger partial charge in [0.15, 0.2) is 5.11 Å². The van der Waals surface area contributed by atoms with Crippen LogP contribution < -0.4 is 20.1 Å². The third-order valence-electron chi connectivity index (χ3n) is 3.31. The lowest BCUT2D eigenvalue weighted by molar-refractivity contribution is -0.387. The van der Waals surface area contributed by atoms with Gasteiger partial charge in [-0.15, -0.1) is 0 Å². The topological polar surface area (TPSA) is 88.5 Å². The Morgan fingerprint density at radius 1 is 1.21 bits per heavy atom. The lowest BCUT2D eigenvalue weighted by Gasteiger charge is -2.27. The van der Waals surface area contributed by atoms with Crippen molar-refractivity contribution in [2.24, 2.45) is 0 Å². The summed E-state index contributed by atoms with van der Waals surface area (Å²) in [5.74, 6) is 0.583. The summed E-state index contributed by atoms with van der Waals surface area (Å²) < 4.78 is 6.31. The number of halogens is 3. The molecule has 3 N–H and O–H groups in total. The standard InChI is InChI=1S/C16H15Cl3N4O3S2/c1-26-12-8-4-2-6-10(12)20-15(27)21-14(16(17,18)19)22-28-13-9-5-3-7-11(13)23(24)25/h2-9,14,22H,1H3,(H2,20,21,27). The van der Waals surface area contributed by atoms with Gasteiger partial charge in [0.25, 0.3) is 5.69 Å². The molecular weight excluding hydrogens is 467 g/mol. The van der Waals surface area contributed by atoms with E-state index in [9.17, 15) is 10.1 Å². The van der Waals surface area contributed by atoms with E-state index in [2.05, 4.69) is 15.4 Å². The monoisotopic (exact) mass is 480 g/mol. The van der Waals surface area contributed by atoms with Crippen molar-refractivity contribution >= 4 is 75.5 Å². The van der Waals surface area contributed by atoms with Gasteiger partial charge in [-0.3, -0.25) is 10.1 Å². The quantitative estimate of drug-likeness (QED) is 0.129. The molecule has 0 aliphatic carbocycles. The molecule has 0 amide bonds. The number of nitro groups is 1. The number of nitrogens with one attached hydrogen (secondary N) is 3. The number of rotatable bonds is 7. The Balaban J connectivity index is 2.08. The maximum absolute atomic E-state index is 11.1. The summed E-state index contributed by atoms with van der Waals surface area (Å²) in [6.07, 6.45) is -0.961. The minimum atomic E-state index is -1.80. The second kappa shape index (κ2) is 10.3. The van der Waals surface area contributed by atoms with Crippen molar-refractivity contribution in [1.29, 1.82) is 0 Å². The minimum absolute atomic E-state index is 0.0715. The molecule has 0 radical (unpaired) electrons. The van der Waals surface area contributed by atoms with E-state index >= 15 is 0 Å². The second-order valence-corrected chi connectivity index (χ2v) is 8.87. The first-order valence-electron chi connectivity index (χ1n) is 7.65. The predicted octanol–water partition coefficient (Wildman–Crippen LogP) is 4.88. The highest BCUT2D eigenvalue weighted by Gasteiger charge is 2.34. The zero-order valence-electron chi connectivity index (χ0n) is 14.3. The van der Waals surface area contributed by atoms with Gasteiger partial charge in [0.05, 0.1) is 17.7 Å². The lowest BCUT2D eigenvalue weighted by Crippen LogP contribution is -2.52. The van der Waals surface area contributed by atoms with Crippen LogP contribution in [0.2, 0.25) is 0 Å². The van der Waals surface area contributed by atoms with E-state index in [1.54, 1.807) is 30.3 Å². The molecule has 0 aliphatic rings. The first-order chi connectivity index (χ1) is 13.2. The first kappa shape index (κ1) is 22.8. The molecular formula is C16H15Cl3N4O3S2. The molecule has 0 saturated carbocycles. The zero-order chi connectivity index (χ0) is 20.7. The molecule has 1 atom stereocenters. The molecule has 12 heteroatoms. The summed E-state index contributed by atoms with van der Waals surface area (Å²) >= 11 is 24.3. The van der Waals surface area contributed by atoms with Crippen LogP contribution in [0, 0.1) is 10.1 Å². The summed E-state index contributed by atoms with van der Waals surface area (Å²) in [5.41, 5.74) is 0.551. The van der Waals surface area contributed by atoms with Crippen LogP contribution in [0.5, 0.6) is 5.75 Å². The van der Waals surface area contributed by atoms with Crippen molar-refractivity contribution in [3.05, 3.63) is 58.6 Å². The van der Waals surface area contributed by atoms with Crippen LogP contribution in [0.1, 0.15) is 0 Å². The molecule has 0 spiro atoms. The molecule has 150 valence electrons. The Hall–Kier alpha value is -1.49. The summed E-state index contributed by atoms with van der Waals surface area (Å²) in [4.78, 5) is 11.0. The maximum Gasteiger partial charge on any atom is 0.284 e. The Morgan fingerprint density at radius 2 is 1.86 bits per heavy atom. The molecule has 2 aromatic carbocycles. The molecule has 2 aromatic rings. The number of nitro benzene ring substituents is 1. The smallest absolute Gasteiger partial charge is 0.284 e. The minimum Gasteiger partial charge on any atom is -0.495 e. The third-order valence-corrected chi connectivity index (χ3v) is 5.10. The highest BCUT2D eigenvalue weighted by molar-refractivity contribution is 7.97. The largest absolute Gasteiger partial charge is 0.495 e. The number of nitrogens with zero attached hydrogens (tertiary/aromatic N) is 1. The second-order valence-electron chi connectivity index (χ2n) is 5.22. The summed E-state index contributed by atoms with van der Waals surface area (Å²) in [7, 11) is 1.53. The van der Waals surface area contributed by atoms with Gasteiger partial charge >= 0.3 is 0 Å². The van der Waals surface area contributed by atoms with Crippen LogP contribution in [0.25, 0.3) is 0 Å². The van der Waals surface area contributed by atoms with Crippen LogP contribution in [-0.2, 0) is 0 Å². The Kier molecular flexibility index (Phi) is 8.41. The van der Waals surface area contributed by atoms with E-state index < -0.39 is 14.9 Å². The number of methoxy groups -OCH3 is 1. The van der Waals surface area contributed by atoms with Gasteiger partial charge in [-0.25, -0.2) is 4.72 Å². The SMILES string of the molecule is COc1ccccc1NC(=S)NC(NSc1ccccc1[N+](=O)[O-])C(Cl)(Cl)Cl. The highest BCUT2D eigenvalue weighted by Crippen LogP contribution is 2.33. The Bertz CT molecular complexity index is 852. The average molecular weight is 482 g/mol. The molecule has 0 aromatic heterocycles. The molecule has 0 saturated heterocycles. The van der Waals surface area contributed by atoms with Gasteiger partial charge in [-0.05, 0) is 42.4 Å². The van der Waals surface area contributed by atoms with Crippen molar-refractivity contribution in [2.45, 2.75) is 14.9 Å². The maximum atomic E-state index is 11.1. The van der Waals surface area contributed by atoms with Gasteiger partial charge in [0.2, 0.25) is 3.79 Å². The molecule has 2 rings (SSSR count). The van der Waals surface area contributed by atoms with E-state index in [1.807, 2.05) is 12.1 Å². The number of benzene rings is 2. The van der Waals surface area contributed by atoms with Crippen molar-refractivity contribution in [1.82, 2.24) is 10.0 Å². The van der Waals surface area contributed by atoms with Gasteiger partial charge in [0.1, 0.15) is 16.8 Å². The van der Waals surface area contributed by atoms with Gasteiger partial charge in [-0.1, -0.05) is 59.1 Å². The third kappa shape index (κ3) is 6.54. The summed E-state index contributed by atoms with van der Waals surface area (Å²) in [6.45, 7) is 0. The van der Waals surface area contributed by atoms with Crippen LogP contribution >= 0.6 is 59.0 Å². The number of ether oxygens (including phenoxy) is 1. The fraction of sp³-hybridized carbons (Fsp3) is 0.188. The van der Waals surface area contributed by atoms with E-state index in [0.717, 1.165) is 11.9 Å². The van der Waals surface area contributed by atoms with Crippen LogP contribution in [0.3, 0.4) is 0 Å². The Morgan fingerprint density at radius 3 is 2.50 bits per heavy atom. The zero-order valence-corrected chi connectivity index (χ0v) is 18.2. The van der Waals surface area contributed by atoms with E-state index in [0.29, 0.717) is 16.3 Å². The van der Waals surface area contributed by atoms with Crippen molar-refractivity contribution in [3.8, 4) is 5.75 Å². The molecule has 7 nitrogen and oxygen atoms in total. The van der Waals surface area contributed by atoms with Crippen LogP contribution in [0.4, 0.5) is 11.4 Å². The van der Waals surface area contributed by atoms with Gasteiger partial charge in [-0.2, -0.15) is 0 Å². The number of thiocarbonyl (C=S) groups is 1. The van der Waals surface area contributed by atoms with Crippen molar-refractivity contribution in [2.75, 3.05) is 12.4 Å². The number of hydrogen-bond donors (Lipinski definition) is 3. The molecule has 0 fully saturated rings. The van der Waals surface area contributed by atoms with E-state index in [1.165, 1.54) is 13.2 Å². The van der Waals surface area contributed by atoms with E-state index in [4.69, 9.17) is 51.8 Å². The highest BCUT2D eigenvalue weighted by atomic mass is 35.6. The fourth-order valence-electron chi connectivity index (χ4n) is 2.03. The average Bonchev–Trinajstić information content (AvgIpc) is 2.64. The number of hydrogen-bond acceptors (Lipinski definition) is 6. The predicted molar refractivity (Wildman–Crippen MR) is 119 cm³/mol. The van der Waals surface area contributed by atoms with Crippen LogP contribution in [-0.4, -0.2) is 27.1 Å². The van der Waals surface area contributed by atoms with Gasteiger partial charge in [0, 0.05) is 6.07 Å². The number of anilines is 1. The molecule has 0 bridgehead atoms. The molecule has 0 heterocycles. The van der Waals surface area contributed by atoms with E-state index in [-0.39, 0.29) is 10.8 Å². The summed E-state index contributed by atoms with van der Waals surface area (Å²) in [5, 5.41) is 17.1. The normalized spacial score (nSPS) is 12.1. The lowest BCUT2D eigenvalue weighted by atomic mass is 10.3.